The van der Waals surface area contributed by atoms with E-state index in [1.807, 2.05) is 19.1 Å². The van der Waals surface area contributed by atoms with E-state index >= 15 is 0 Å². The molecule has 1 aliphatic heterocycles. The molecule has 21 heavy (non-hydrogen) atoms. The van der Waals surface area contributed by atoms with Gasteiger partial charge >= 0.3 is 0 Å². The average Bonchev–Trinajstić information content (AvgIpc) is 2.70. The van der Waals surface area contributed by atoms with Crippen LogP contribution in [-0.4, -0.2) is 31.5 Å². The van der Waals surface area contributed by atoms with Gasteiger partial charge in [-0.2, -0.15) is 0 Å². The van der Waals surface area contributed by atoms with Crippen molar-refractivity contribution in [1.82, 2.24) is 4.31 Å². The number of rotatable bonds is 2. The van der Waals surface area contributed by atoms with Crippen molar-refractivity contribution in [3.8, 4) is 0 Å². The Balaban J connectivity index is 1.97. The topological polar surface area (TPSA) is 46.6 Å². The molecule has 0 saturated heterocycles. The molecule has 2 aliphatic rings. The molecule has 1 aliphatic carbocycles. The summed E-state index contributed by atoms with van der Waals surface area (Å²) in [5, 5.41) is 0. The van der Waals surface area contributed by atoms with Crippen LogP contribution in [-0.2, 0) is 14.8 Å². The first-order chi connectivity index (χ1) is 10.1. The molecule has 0 aromatic heterocycles. The molecule has 3 rings (SSSR count). The molecule has 0 bridgehead atoms. The van der Waals surface area contributed by atoms with Crippen LogP contribution < -0.4 is 0 Å². The minimum absolute atomic E-state index is 0.00831. The maximum Gasteiger partial charge on any atom is 0.264 e. The number of hydrogen-bond donors (Lipinski definition) is 0. The molecule has 1 fully saturated rings. The van der Waals surface area contributed by atoms with Gasteiger partial charge in [-0.25, -0.2) is 8.42 Å². The van der Waals surface area contributed by atoms with E-state index in [0.717, 1.165) is 31.2 Å². The zero-order valence-electron chi connectivity index (χ0n) is 12.2. The summed E-state index contributed by atoms with van der Waals surface area (Å²) in [6.07, 6.45) is 7.45. The average molecular weight is 307 g/mol. The third-order valence-corrected chi connectivity index (χ3v) is 6.07. The minimum Gasteiger partial charge on any atom is -0.372 e. The monoisotopic (exact) mass is 307 g/mol. The largest absolute Gasteiger partial charge is 0.372 e. The molecule has 2 atom stereocenters. The van der Waals surface area contributed by atoms with Crippen molar-refractivity contribution in [3.05, 3.63) is 42.1 Å². The highest BCUT2D eigenvalue weighted by Gasteiger charge is 2.37. The van der Waals surface area contributed by atoms with E-state index in [9.17, 15) is 8.42 Å². The summed E-state index contributed by atoms with van der Waals surface area (Å²) in [6, 6.07) is 6.96. The number of ether oxygens (including phenoxy) is 1. The van der Waals surface area contributed by atoms with Gasteiger partial charge in [0.15, 0.2) is 0 Å². The number of fused-ring (bicyclic) bond motifs is 1. The Labute approximate surface area is 126 Å². The number of nitrogens with zero attached hydrogens (tertiary/aromatic N) is 1. The van der Waals surface area contributed by atoms with Crippen LogP contribution >= 0.6 is 0 Å². The van der Waals surface area contributed by atoms with Gasteiger partial charge in [-0.15, -0.1) is 0 Å². The van der Waals surface area contributed by atoms with Crippen molar-refractivity contribution in [2.45, 2.75) is 49.6 Å². The van der Waals surface area contributed by atoms with E-state index in [2.05, 4.69) is 0 Å². The van der Waals surface area contributed by atoms with Crippen LogP contribution in [0.25, 0.3) is 0 Å². The standard InChI is InChI=1S/C16H21NO3S/c1-13-7-9-14(10-8-13)21(18,19)17-11-4-12-20-16-6-3-2-5-15(16)17/h4,7-11,15-16H,2-3,5-6,12H2,1H3. The summed E-state index contributed by atoms with van der Waals surface area (Å²) in [5.74, 6) is 0. The molecule has 0 N–H and O–H groups in total. The normalized spacial score (nSPS) is 26.2. The summed E-state index contributed by atoms with van der Waals surface area (Å²) in [7, 11) is -3.51. The van der Waals surface area contributed by atoms with E-state index in [0.29, 0.717) is 11.5 Å². The van der Waals surface area contributed by atoms with Crippen LogP contribution in [0.2, 0.25) is 0 Å². The van der Waals surface area contributed by atoms with Crippen LogP contribution in [0.4, 0.5) is 0 Å². The lowest BCUT2D eigenvalue weighted by atomic mass is 9.92. The quantitative estimate of drug-likeness (QED) is 0.844. The molecule has 0 radical (unpaired) electrons. The number of hydrogen-bond acceptors (Lipinski definition) is 3. The predicted octanol–water partition coefficient (Wildman–Crippen LogP) is 2.84. The Bertz CT molecular complexity index is 621. The first-order valence-corrected chi connectivity index (χ1v) is 8.91. The summed E-state index contributed by atoms with van der Waals surface area (Å²) < 4.78 is 33.2. The van der Waals surface area contributed by atoms with Crippen LogP contribution in [0.1, 0.15) is 31.2 Å². The smallest absolute Gasteiger partial charge is 0.264 e. The maximum absolute atomic E-state index is 12.9. The predicted molar refractivity (Wildman–Crippen MR) is 81.3 cm³/mol. The van der Waals surface area contributed by atoms with Crippen molar-refractivity contribution in [2.24, 2.45) is 0 Å². The summed E-state index contributed by atoms with van der Waals surface area (Å²) in [6.45, 7) is 2.44. The number of benzene rings is 1. The molecule has 5 heteroatoms. The lowest BCUT2D eigenvalue weighted by Gasteiger charge is -2.36. The van der Waals surface area contributed by atoms with Gasteiger partial charge in [0.05, 0.1) is 23.6 Å². The third kappa shape index (κ3) is 2.85. The Morgan fingerprint density at radius 2 is 1.86 bits per heavy atom. The van der Waals surface area contributed by atoms with Crippen LogP contribution in [0.3, 0.4) is 0 Å². The second-order valence-corrected chi connectivity index (χ2v) is 7.60. The van der Waals surface area contributed by atoms with Crippen molar-refractivity contribution in [1.29, 1.82) is 0 Å². The van der Waals surface area contributed by atoms with Crippen LogP contribution in [0, 0.1) is 6.92 Å². The van der Waals surface area contributed by atoms with Crippen molar-refractivity contribution in [3.63, 3.8) is 0 Å². The molecular weight excluding hydrogens is 286 g/mol. The first-order valence-electron chi connectivity index (χ1n) is 7.47. The summed E-state index contributed by atoms with van der Waals surface area (Å²) in [5.41, 5.74) is 1.05. The van der Waals surface area contributed by atoms with Gasteiger partial charge in [0.2, 0.25) is 0 Å². The number of aryl methyl sites for hydroxylation is 1. The van der Waals surface area contributed by atoms with Gasteiger partial charge in [0.1, 0.15) is 0 Å². The molecule has 0 spiro atoms. The van der Waals surface area contributed by atoms with Gasteiger partial charge < -0.3 is 4.74 Å². The van der Waals surface area contributed by atoms with Crippen molar-refractivity contribution < 1.29 is 13.2 Å². The first kappa shape index (κ1) is 14.6. The molecule has 114 valence electrons. The number of sulfonamides is 1. The van der Waals surface area contributed by atoms with Crippen LogP contribution in [0.15, 0.2) is 41.4 Å². The zero-order valence-corrected chi connectivity index (χ0v) is 13.1. The fourth-order valence-electron chi connectivity index (χ4n) is 3.09. The lowest BCUT2D eigenvalue weighted by Crippen LogP contribution is -2.45. The molecular formula is C16H21NO3S. The Hall–Kier alpha value is -1.33. The van der Waals surface area contributed by atoms with E-state index in [1.54, 1.807) is 24.4 Å². The Morgan fingerprint density at radius 1 is 1.14 bits per heavy atom. The van der Waals surface area contributed by atoms with E-state index < -0.39 is 10.0 Å². The molecule has 1 aromatic carbocycles. The third-order valence-electron chi connectivity index (χ3n) is 4.25. The molecule has 0 amide bonds. The lowest BCUT2D eigenvalue weighted by molar-refractivity contribution is 0.0138. The van der Waals surface area contributed by atoms with Gasteiger partial charge in [0, 0.05) is 6.20 Å². The highest BCUT2D eigenvalue weighted by molar-refractivity contribution is 7.89. The minimum atomic E-state index is -3.51. The fourth-order valence-corrected chi connectivity index (χ4v) is 4.66. The van der Waals surface area contributed by atoms with E-state index in [1.165, 1.54) is 4.31 Å². The molecule has 4 nitrogen and oxygen atoms in total. The molecule has 1 aromatic rings. The molecule has 1 heterocycles. The molecule has 1 saturated carbocycles. The second kappa shape index (κ2) is 5.81. The van der Waals surface area contributed by atoms with Gasteiger partial charge in [-0.3, -0.25) is 4.31 Å². The maximum atomic E-state index is 12.9. The highest BCUT2D eigenvalue weighted by Crippen LogP contribution is 2.31. The van der Waals surface area contributed by atoms with Gasteiger partial charge in [-0.05, 0) is 38.0 Å². The SMILES string of the molecule is Cc1ccc(S(=O)(=O)N2C=CCOC3CCCCC32)cc1. The second-order valence-electron chi connectivity index (χ2n) is 5.76. The summed E-state index contributed by atoms with van der Waals surface area (Å²) >= 11 is 0. The molecule has 2 unspecified atom stereocenters. The Morgan fingerprint density at radius 3 is 2.62 bits per heavy atom. The fraction of sp³-hybridized carbons (Fsp3) is 0.500. The van der Waals surface area contributed by atoms with Gasteiger partial charge in [-0.1, -0.05) is 30.5 Å². The van der Waals surface area contributed by atoms with Crippen LogP contribution in [0.5, 0.6) is 0 Å². The van der Waals surface area contributed by atoms with Crippen molar-refractivity contribution in [2.75, 3.05) is 6.61 Å². The van der Waals surface area contributed by atoms with Crippen molar-refractivity contribution >= 4 is 10.0 Å². The van der Waals surface area contributed by atoms with E-state index in [-0.39, 0.29) is 12.1 Å². The van der Waals surface area contributed by atoms with Gasteiger partial charge in [0.25, 0.3) is 10.0 Å². The zero-order chi connectivity index (χ0) is 14.9. The highest BCUT2D eigenvalue weighted by atomic mass is 32.2. The Kier molecular flexibility index (Phi) is 4.04. The van der Waals surface area contributed by atoms with E-state index in [4.69, 9.17) is 4.74 Å². The summed E-state index contributed by atoms with van der Waals surface area (Å²) in [4.78, 5) is 0.351.